The zero-order chi connectivity index (χ0) is 25.7. The molecule has 0 fully saturated rings. The van der Waals surface area contributed by atoms with Crippen molar-refractivity contribution in [1.29, 1.82) is 0 Å². The summed E-state index contributed by atoms with van der Waals surface area (Å²) in [6.07, 6.45) is 0.123. The molecule has 0 aliphatic rings. The summed E-state index contributed by atoms with van der Waals surface area (Å²) in [6, 6.07) is 27.9. The largest absolute Gasteiger partial charge is 0.480 e. The average molecular weight is 539 g/mol. The van der Waals surface area contributed by atoms with Gasteiger partial charge in [0.2, 0.25) is 0 Å². The van der Waals surface area contributed by atoms with Crippen molar-refractivity contribution in [3.8, 4) is 11.1 Å². The van der Waals surface area contributed by atoms with Gasteiger partial charge in [-0.15, -0.1) is 0 Å². The molecule has 0 aliphatic carbocycles. The molecule has 182 valence electrons. The quantitative estimate of drug-likeness (QED) is 0.251. The summed E-state index contributed by atoms with van der Waals surface area (Å²) < 4.78 is 0. The summed E-state index contributed by atoms with van der Waals surface area (Å²) >= 11 is 18.3. The van der Waals surface area contributed by atoms with Crippen LogP contribution < -0.4 is 0 Å². The highest BCUT2D eigenvalue weighted by molar-refractivity contribution is 6.35. The zero-order valence-corrected chi connectivity index (χ0v) is 21.3. The third-order valence-corrected chi connectivity index (χ3v) is 6.48. The number of carbonyl (C=O) groups excluding carboxylic acids is 1. The summed E-state index contributed by atoms with van der Waals surface area (Å²) in [5.41, 5.74) is 3.84. The van der Waals surface area contributed by atoms with Crippen molar-refractivity contribution >= 4 is 46.7 Å². The Morgan fingerprint density at radius 1 is 0.694 bits per heavy atom. The molecule has 1 unspecified atom stereocenters. The third kappa shape index (κ3) is 6.46. The number of hydrogen-bond acceptors (Lipinski definition) is 2. The molecule has 0 saturated carbocycles. The third-order valence-electron chi connectivity index (χ3n) is 5.79. The van der Waals surface area contributed by atoms with Crippen molar-refractivity contribution in [3.63, 3.8) is 0 Å². The molecule has 0 saturated heterocycles. The van der Waals surface area contributed by atoms with Gasteiger partial charge in [0.25, 0.3) is 5.91 Å². The number of carboxylic acid groups (broad SMARTS) is 1. The van der Waals surface area contributed by atoms with E-state index in [1.807, 2.05) is 54.6 Å². The standard InChI is InChI=1S/C29H22Cl3NO3/c30-24-12-8-20(9-13-24)18-33(28(34)23-15-25(31)17-26(32)16-23)27(29(35)36)14-19-6-10-22(11-7-19)21-4-2-1-3-5-21/h1-13,15-17,27H,14,18H2,(H,35,36). The van der Waals surface area contributed by atoms with Crippen LogP contribution in [-0.2, 0) is 17.8 Å². The van der Waals surface area contributed by atoms with Gasteiger partial charge in [-0.25, -0.2) is 4.79 Å². The summed E-state index contributed by atoms with van der Waals surface area (Å²) in [5.74, 6) is -1.60. The minimum absolute atomic E-state index is 0.0687. The van der Waals surface area contributed by atoms with Gasteiger partial charge in [-0.2, -0.15) is 0 Å². The van der Waals surface area contributed by atoms with E-state index < -0.39 is 17.9 Å². The second-order valence-corrected chi connectivity index (χ2v) is 9.65. The molecule has 7 heteroatoms. The van der Waals surface area contributed by atoms with E-state index in [-0.39, 0.29) is 18.5 Å². The normalized spacial score (nSPS) is 11.6. The van der Waals surface area contributed by atoms with E-state index >= 15 is 0 Å². The molecular weight excluding hydrogens is 517 g/mol. The topological polar surface area (TPSA) is 57.6 Å². The number of halogens is 3. The Morgan fingerprint density at radius 2 is 1.25 bits per heavy atom. The molecule has 0 heterocycles. The number of carbonyl (C=O) groups is 2. The minimum Gasteiger partial charge on any atom is -0.480 e. The molecule has 4 nitrogen and oxygen atoms in total. The van der Waals surface area contributed by atoms with Crippen LogP contribution in [0.15, 0.2) is 97.1 Å². The van der Waals surface area contributed by atoms with Gasteiger partial charge < -0.3 is 10.0 Å². The molecule has 0 spiro atoms. The zero-order valence-electron chi connectivity index (χ0n) is 19.1. The Bertz CT molecular complexity index is 1340. The first-order valence-corrected chi connectivity index (χ1v) is 12.3. The molecule has 0 bridgehead atoms. The number of carboxylic acids is 1. The van der Waals surface area contributed by atoms with Crippen molar-refractivity contribution in [2.24, 2.45) is 0 Å². The van der Waals surface area contributed by atoms with Crippen LogP contribution in [0, 0.1) is 0 Å². The van der Waals surface area contributed by atoms with E-state index in [2.05, 4.69) is 0 Å². The molecule has 4 aromatic rings. The Kier molecular flexibility index (Phi) is 8.32. The Morgan fingerprint density at radius 3 is 1.83 bits per heavy atom. The lowest BCUT2D eigenvalue weighted by Crippen LogP contribution is -2.46. The fourth-order valence-corrected chi connectivity index (χ4v) is 4.62. The van der Waals surface area contributed by atoms with Gasteiger partial charge in [0.15, 0.2) is 0 Å². The van der Waals surface area contributed by atoms with Gasteiger partial charge in [-0.3, -0.25) is 4.79 Å². The average Bonchev–Trinajstić information content (AvgIpc) is 2.87. The van der Waals surface area contributed by atoms with Gasteiger partial charge in [-0.05, 0) is 52.6 Å². The van der Waals surface area contributed by atoms with Gasteiger partial charge in [-0.1, -0.05) is 102 Å². The van der Waals surface area contributed by atoms with E-state index in [1.54, 1.807) is 24.3 Å². The number of benzene rings is 4. The van der Waals surface area contributed by atoms with Crippen LogP contribution in [0.25, 0.3) is 11.1 Å². The smallest absolute Gasteiger partial charge is 0.326 e. The number of hydrogen-bond donors (Lipinski definition) is 1. The van der Waals surface area contributed by atoms with Crippen LogP contribution in [0.4, 0.5) is 0 Å². The van der Waals surface area contributed by atoms with Gasteiger partial charge in [0.1, 0.15) is 6.04 Å². The molecule has 36 heavy (non-hydrogen) atoms. The predicted molar refractivity (Wildman–Crippen MR) is 145 cm³/mol. The van der Waals surface area contributed by atoms with Crippen LogP contribution in [0.3, 0.4) is 0 Å². The van der Waals surface area contributed by atoms with Crippen molar-refractivity contribution in [2.45, 2.75) is 19.0 Å². The van der Waals surface area contributed by atoms with Gasteiger partial charge in [0.05, 0.1) is 0 Å². The van der Waals surface area contributed by atoms with Crippen LogP contribution in [0.5, 0.6) is 0 Å². The molecule has 0 radical (unpaired) electrons. The molecule has 4 rings (SSSR count). The predicted octanol–water partition coefficient (Wildman–Crippen LogP) is 7.65. The maximum Gasteiger partial charge on any atom is 0.326 e. The number of rotatable bonds is 8. The summed E-state index contributed by atoms with van der Waals surface area (Å²) in [4.78, 5) is 27.4. The summed E-state index contributed by atoms with van der Waals surface area (Å²) in [7, 11) is 0. The minimum atomic E-state index is -1.13. The van der Waals surface area contributed by atoms with Gasteiger partial charge >= 0.3 is 5.97 Å². The van der Waals surface area contributed by atoms with E-state index in [4.69, 9.17) is 34.8 Å². The first kappa shape index (κ1) is 25.8. The fraction of sp³-hybridized carbons (Fsp3) is 0.103. The molecule has 1 N–H and O–H groups in total. The Labute approximate surface area is 224 Å². The fourth-order valence-electron chi connectivity index (χ4n) is 3.97. The number of aliphatic carboxylic acids is 1. The Balaban J connectivity index is 1.66. The molecule has 0 aromatic heterocycles. The maximum atomic E-state index is 13.6. The highest BCUT2D eigenvalue weighted by Crippen LogP contribution is 2.25. The first-order valence-electron chi connectivity index (χ1n) is 11.2. The van der Waals surface area contributed by atoms with Crippen LogP contribution in [0.2, 0.25) is 15.1 Å². The second kappa shape index (κ2) is 11.6. The first-order chi connectivity index (χ1) is 17.3. The lowest BCUT2D eigenvalue weighted by atomic mass is 9.99. The van der Waals surface area contributed by atoms with Crippen LogP contribution in [0.1, 0.15) is 21.5 Å². The summed E-state index contributed by atoms with van der Waals surface area (Å²) in [6.45, 7) is 0.0687. The number of amides is 1. The van der Waals surface area contributed by atoms with Crippen LogP contribution >= 0.6 is 34.8 Å². The number of nitrogens with zero attached hydrogens (tertiary/aromatic N) is 1. The van der Waals surface area contributed by atoms with Crippen molar-refractivity contribution < 1.29 is 14.7 Å². The van der Waals surface area contributed by atoms with E-state index in [0.29, 0.717) is 15.1 Å². The monoisotopic (exact) mass is 537 g/mol. The van der Waals surface area contributed by atoms with Crippen LogP contribution in [-0.4, -0.2) is 27.9 Å². The maximum absolute atomic E-state index is 13.6. The van der Waals surface area contributed by atoms with E-state index in [0.717, 1.165) is 22.3 Å². The molecular formula is C29H22Cl3NO3. The Hall–Kier alpha value is -3.31. The molecule has 1 atom stereocenters. The van der Waals surface area contributed by atoms with E-state index in [1.165, 1.54) is 23.1 Å². The lowest BCUT2D eigenvalue weighted by molar-refractivity contribution is -0.142. The van der Waals surface area contributed by atoms with Crippen molar-refractivity contribution in [2.75, 3.05) is 0 Å². The van der Waals surface area contributed by atoms with E-state index in [9.17, 15) is 14.7 Å². The second-order valence-electron chi connectivity index (χ2n) is 8.34. The van der Waals surface area contributed by atoms with Crippen molar-refractivity contribution in [3.05, 3.63) is 129 Å². The van der Waals surface area contributed by atoms with Gasteiger partial charge in [0, 0.05) is 33.6 Å². The highest BCUT2D eigenvalue weighted by atomic mass is 35.5. The highest BCUT2D eigenvalue weighted by Gasteiger charge is 2.31. The molecule has 0 aliphatic heterocycles. The summed E-state index contributed by atoms with van der Waals surface area (Å²) in [5, 5.41) is 11.3. The van der Waals surface area contributed by atoms with Crippen molar-refractivity contribution in [1.82, 2.24) is 4.90 Å². The molecule has 4 aromatic carbocycles. The molecule has 1 amide bonds. The SMILES string of the molecule is O=C(O)C(Cc1ccc(-c2ccccc2)cc1)N(Cc1ccc(Cl)cc1)C(=O)c1cc(Cl)cc(Cl)c1. The lowest BCUT2D eigenvalue weighted by Gasteiger charge is -2.30.